The zero-order valence-electron chi connectivity index (χ0n) is 16.5. The maximum atomic E-state index is 12.3. The van der Waals surface area contributed by atoms with Gasteiger partial charge >= 0.3 is 11.9 Å². The summed E-state index contributed by atoms with van der Waals surface area (Å²) in [5, 5.41) is 23.2. The molecule has 1 amide bonds. The number of carboxylic acids is 2. The van der Waals surface area contributed by atoms with E-state index in [1.807, 2.05) is 0 Å². The number of aliphatic carboxylic acids is 2. The molecule has 7 N–H and O–H groups in total. The molecule has 0 spiro atoms. The van der Waals surface area contributed by atoms with Crippen LogP contribution in [0.3, 0.4) is 0 Å². The van der Waals surface area contributed by atoms with Crippen LogP contribution in [0.25, 0.3) is 11.2 Å². The van der Waals surface area contributed by atoms with Gasteiger partial charge in [0.2, 0.25) is 5.95 Å². The molecule has 0 bridgehead atoms. The van der Waals surface area contributed by atoms with Gasteiger partial charge in [0.25, 0.3) is 11.5 Å². The number of aromatic nitrogens is 4. The maximum absolute atomic E-state index is 12.3. The summed E-state index contributed by atoms with van der Waals surface area (Å²) in [6.45, 7) is 0.231. The van der Waals surface area contributed by atoms with Gasteiger partial charge in [-0.1, -0.05) is 0 Å². The molecule has 32 heavy (non-hydrogen) atoms. The molecule has 166 valence electrons. The number of amides is 1. The normalized spacial score (nSPS) is 11.6. The highest BCUT2D eigenvalue weighted by Crippen LogP contribution is 2.12. The molecule has 0 aliphatic rings. The highest BCUT2D eigenvalue weighted by molar-refractivity contribution is 5.96. The molecule has 0 saturated carbocycles. The van der Waals surface area contributed by atoms with E-state index in [2.05, 4.69) is 30.6 Å². The van der Waals surface area contributed by atoms with Gasteiger partial charge in [-0.05, 0) is 30.7 Å². The van der Waals surface area contributed by atoms with E-state index in [4.69, 9.17) is 15.9 Å². The van der Waals surface area contributed by atoms with Crippen molar-refractivity contribution in [3.63, 3.8) is 0 Å². The van der Waals surface area contributed by atoms with Crippen molar-refractivity contribution in [1.29, 1.82) is 0 Å². The third-order valence-electron chi connectivity index (χ3n) is 4.36. The molecule has 3 rings (SSSR count). The molecule has 3 aromatic rings. The van der Waals surface area contributed by atoms with E-state index in [9.17, 15) is 19.2 Å². The van der Waals surface area contributed by atoms with Crippen LogP contribution < -0.4 is 21.9 Å². The quantitative estimate of drug-likeness (QED) is 0.189. The zero-order valence-corrected chi connectivity index (χ0v) is 16.5. The maximum Gasteiger partial charge on any atom is 0.326 e. The summed E-state index contributed by atoms with van der Waals surface area (Å²) in [6.07, 6.45) is 0.840. The first-order valence-electron chi connectivity index (χ1n) is 9.33. The molecule has 0 aliphatic carbocycles. The Hall–Kier alpha value is -4.55. The summed E-state index contributed by atoms with van der Waals surface area (Å²) in [5.41, 5.74) is 6.47. The molecule has 0 radical (unpaired) electrons. The van der Waals surface area contributed by atoms with Crippen LogP contribution in [0.5, 0.6) is 0 Å². The zero-order chi connectivity index (χ0) is 23.3. The van der Waals surface area contributed by atoms with E-state index in [-0.39, 0.29) is 42.1 Å². The number of nitrogens with one attached hydrogen (secondary N) is 3. The van der Waals surface area contributed by atoms with Crippen LogP contribution in [0.1, 0.15) is 28.9 Å². The van der Waals surface area contributed by atoms with Crippen molar-refractivity contribution in [1.82, 2.24) is 25.3 Å². The molecular formula is C19H19N7O6. The largest absolute Gasteiger partial charge is 0.481 e. The number of anilines is 2. The van der Waals surface area contributed by atoms with Crippen molar-refractivity contribution in [2.45, 2.75) is 25.4 Å². The summed E-state index contributed by atoms with van der Waals surface area (Å²) in [6, 6.07) is 4.86. The van der Waals surface area contributed by atoms with Crippen molar-refractivity contribution < 1.29 is 24.6 Å². The Labute approximate surface area is 179 Å². The summed E-state index contributed by atoms with van der Waals surface area (Å²) >= 11 is 0. The first-order chi connectivity index (χ1) is 15.2. The van der Waals surface area contributed by atoms with Crippen LogP contribution >= 0.6 is 0 Å². The number of hydrogen-bond donors (Lipinski definition) is 6. The lowest BCUT2D eigenvalue weighted by molar-refractivity contribution is -0.140. The fourth-order valence-corrected chi connectivity index (χ4v) is 2.75. The third kappa shape index (κ3) is 5.53. The number of fused-ring (bicyclic) bond motifs is 1. The summed E-state index contributed by atoms with van der Waals surface area (Å²) < 4.78 is 0. The number of aromatic amines is 1. The predicted molar refractivity (Wildman–Crippen MR) is 112 cm³/mol. The van der Waals surface area contributed by atoms with Gasteiger partial charge in [0.05, 0.1) is 18.4 Å². The predicted octanol–water partition coefficient (Wildman–Crippen LogP) is -0.0448. The molecular weight excluding hydrogens is 428 g/mol. The summed E-state index contributed by atoms with van der Waals surface area (Å²) in [4.78, 5) is 60.6. The minimum atomic E-state index is -1.31. The number of H-pyrrole nitrogens is 1. The van der Waals surface area contributed by atoms with Gasteiger partial charge in [0.15, 0.2) is 11.2 Å². The first-order valence-corrected chi connectivity index (χ1v) is 9.33. The SMILES string of the molecule is Nc1nc2ncc(CNc3ccc(C(=O)[15NH][13C@@H]([13CH2][13CH2][13C](=O)O)[13C](=O)O)cc3)nc2c(=O)[nH]1. The van der Waals surface area contributed by atoms with Crippen molar-refractivity contribution in [3.05, 3.63) is 52.1 Å². The average molecular weight is 447 g/mol. The van der Waals surface area contributed by atoms with Crippen LogP contribution in [0, 0.1) is 0 Å². The summed E-state index contributed by atoms with van der Waals surface area (Å²) in [5.74, 6) is -3.16. The van der Waals surface area contributed by atoms with E-state index in [0.29, 0.717) is 11.4 Å². The Morgan fingerprint density at radius 2 is 1.84 bits per heavy atom. The van der Waals surface area contributed by atoms with Gasteiger partial charge in [0, 0.05) is 17.7 Å². The van der Waals surface area contributed by atoms with Crippen LogP contribution in [-0.4, -0.2) is 54.0 Å². The highest BCUT2D eigenvalue weighted by Gasteiger charge is 2.21. The number of carbonyl (C=O) groups is 3. The van der Waals surface area contributed by atoms with Crippen molar-refractivity contribution in [3.8, 4) is 0 Å². The second-order valence-electron chi connectivity index (χ2n) is 6.71. The first kappa shape index (κ1) is 22.1. The van der Waals surface area contributed by atoms with Gasteiger partial charge in [-0.25, -0.2) is 14.8 Å². The third-order valence-corrected chi connectivity index (χ3v) is 4.36. The van der Waals surface area contributed by atoms with E-state index < -0.39 is 29.4 Å². The second kappa shape index (κ2) is 9.51. The van der Waals surface area contributed by atoms with Crippen LogP contribution in [-0.2, 0) is 16.1 Å². The molecule has 13 heteroatoms. The number of nitrogen functional groups attached to an aromatic ring is 1. The van der Waals surface area contributed by atoms with Gasteiger partial charge in [-0.3, -0.25) is 19.4 Å². The standard InChI is InChI=1S/C19H19N7O6/c20-19-25-15-14(17(30)26-19)23-11(8-22-15)7-21-10-3-1-9(2-4-10)16(29)24-12(18(31)32)5-6-13(27)28/h1-4,8,12,21H,5-7H2,(H,24,29)(H,27,28)(H,31,32)(H3,20,22,25,26,30)/t12-/m0/s1/i5+1,6+1,12+1,13+1,18+1,24+1. The van der Waals surface area contributed by atoms with Crippen molar-refractivity contribution in [2.75, 3.05) is 11.1 Å². The van der Waals surface area contributed by atoms with E-state index in [0.717, 1.165) is 0 Å². The lowest BCUT2D eigenvalue weighted by Crippen LogP contribution is -2.41. The molecule has 0 saturated heterocycles. The van der Waals surface area contributed by atoms with E-state index in [1.165, 1.54) is 18.3 Å². The molecule has 1 aromatic carbocycles. The molecule has 2 heterocycles. The lowest BCUT2D eigenvalue weighted by atomic mass is 10.2. The minimum absolute atomic E-state index is 0.0524. The fourth-order valence-electron chi connectivity index (χ4n) is 2.75. The molecule has 1 atom stereocenters. The van der Waals surface area contributed by atoms with E-state index >= 15 is 0 Å². The monoisotopic (exact) mass is 447 g/mol. The molecule has 0 unspecified atom stereocenters. The van der Waals surface area contributed by atoms with Gasteiger partial charge in [-0.2, -0.15) is 4.98 Å². The Morgan fingerprint density at radius 3 is 2.50 bits per heavy atom. The number of hydrogen-bond acceptors (Lipinski definition) is 9. The van der Waals surface area contributed by atoms with Crippen LogP contribution in [0.4, 0.5) is 11.6 Å². The Morgan fingerprint density at radius 1 is 1.12 bits per heavy atom. The molecule has 0 fully saturated rings. The lowest BCUT2D eigenvalue weighted by Gasteiger charge is -2.14. The molecule has 2 aromatic heterocycles. The Kier molecular flexibility index (Phi) is 6.58. The fraction of sp³-hybridized carbons (Fsp3) is 0.211. The highest BCUT2D eigenvalue weighted by atomic mass is 16.5. The van der Waals surface area contributed by atoms with Crippen molar-refractivity contribution in [2.24, 2.45) is 0 Å². The van der Waals surface area contributed by atoms with Crippen LogP contribution in [0.2, 0.25) is 0 Å². The number of nitrogens with zero attached hydrogens (tertiary/aromatic N) is 3. The second-order valence-corrected chi connectivity index (χ2v) is 6.71. The van der Waals surface area contributed by atoms with Gasteiger partial charge in [-0.15, -0.1) is 0 Å². The summed E-state index contributed by atoms with van der Waals surface area (Å²) in [7, 11) is 0. The number of rotatable bonds is 9. The Bertz CT molecular complexity index is 1230. The van der Waals surface area contributed by atoms with Gasteiger partial charge < -0.3 is 26.6 Å². The minimum Gasteiger partial charge on any atom is -0.481 e. The molecule has 13 nitrogen and oxygen atoms in total. The number of carboxylic acid groups (broad SMARTS) is 2. The Balaban J connectivity index is 1.62. The average Bonchev–Trinajstić information content (AvgIpc) is 2.75. The number of benzene rings is 1. The van der Waals surface area contributed by atoms with E-state index in [1.54, 1.807) is 12.1 Å². The molecule has 0 aliphatic heterocycles. The van der Waals surface area contributed by atoms with Gasteiger partial charge in [0.1, 0.15) is 6.04 Å². The topological polar surface area (TPSA) is 213 Å². The number of carbonyl (C=O) groups excluding carboxylic acids is 1. The smallest absolute Gasteiger partial charge is 0.326 e. The number of nitrogens with two attached hydrogens (primary N) is 1. The van der Waals surface area contributed by atoms with Crippen LogP contribution in [0.15, 0.2) is 35.3 Å². The van der Waals surface area contributed by atoms with Crippen molar-refractivity contribution >= 4 is 40.6 Å².